The van der Waals surface area contributed by atoms with Gasteiger partial charge in [-0.15, -0.1) is 0 Å². The van der Waals surface area contributed by atoms with Crippen molar-refractivity contribution < 1.29 is 25.2 Å². The molecule has 0 heterocycles. The van der Waals surface area contributed by atoms with Crippen molar-refractivity contribution in [1.82, 2.24) is 0 Å². The topological polar surface area (TPSA) is 98.0 Å². The van der Waals surface area contributed by atoms with Gasteiger partial charge in [-0.25, -0.2) is 0 Å². The summed E-state index contributed by atoms with van der Waals surface area (Å²) in [7, 11) is 0. The van der Waals surface area contributed by atoms with Crippen LogP contribution in [0.5, 0.6) is 0 Å². The first kappa shape index (κ1) is 25.7. The van der Waals surface area contributed by atoms with Crippen LogP contribution in [0.3, 0.4) is 0 Å². The fourth-order valence-corrected chi connectivity index (χ4v) is 10.9. The van der Waals surface area contributed by atoms with E-state index in [-0.39, 0.29) is 40.6 Å². The standard InChI is InChI=1S/C30H48O5/c1-18-9-14-30(24(33)34)16-15-27(4)19(23(30)29(18,6)35)7-8-21-25(2)12-11-22(32)26(3,17-31)20(25)10-13-28(21,27)5/h7,18,20-23,31-32,35H,8-17H2,1-6H3,(H,33,34)/t18-,20+,21-,22+,23+,25+,26-,27-,28-,29-,30+/m1/s1. The molecular weight excluding hydrogens is 440 g/mol. The Morgan fingerprint density at radius 2 is 1.66 bits per heavy atom. The van der Waals surface area contributed by atoms with Gasteiger partial charge in [0.25, 0.3) is 0 Å². The van der Waals surface area contributed by atoms with Gasteiger partial charge in [0.2, 0.25) is 0 Å². The predicted octanol–water partition coefficient (Wildman–Crippen LogP) is 5.18. The van der Waals surface area contributed by atoms with Crippen molar-refractivity contribution in [3.8, 4) is 0 Å². The summed E-state index contributed by atoms with van der Waals surface area (Å²) >= 11 is 0. The second-order valence-corrected chi connectivity index (χ2v) is 14.6. The zero-order chi connectivity index (χ0) is 25.8. The van der Waals surface area contributed by atoms with Crippen molar-refractivity contribution >= 4 is 5.97 Å². The number of hydrogen-bond acceptors (Lipinski definition) is 4. The zero-order valence-electron chi connectivity index (χ0n) is 22.7. The number of aliphatic hydroxyl groups excluding tert-OH is 2. The monoisotopic (exact) mass is 488 g/mol. The molecular formula is C30H48O5. The number of fused-ring (bicyclic) bond motifs is 7. The number of aliphatic carboxylic acids is 1. The molecule has 5 aliphatic rings. The molecule has 0 aliphatic heterocycles. The fraction of sp³-hybridized carbons (Fsp3) is 0.900. The fourth-order valence-electron chi connectivity index (χ4n) is 10.9. The molecule has 0 aromatic heterocycles. The van der Waals surface area contributed by atoms with Crippen LogP contribution in [-0.4, -0.2) is 44.7 Å². The third kappa shape index (κ3) is 2.90. The minimum Gasteiger partial charge on any atom is -0.481 e. The maximum Gasteiger partial charge on any atom is 0.310 e. The molecule has 4 saturated carbocycles. The normalized spacial score (nSPS) is 57.7. The molecule has 35 heavy (non-hydrogen) atoms. The van der Waals surface area contributed by atoms with Crippen molar-refractivity contribution in [2.75, 3.05) is 6.61 Å². The Labute approximate surface area is 211 Å². The summed E-state index contributed by atoms with van der Waals surface area (Å²) in [5.41, 5.74) is -1.35. The summed E-state index contributed by atoms with van der Waals surface area (Å²) in [4.78, 5) is 12.8. The highest BCUT2D eigenvalue weighted by Crippen LogP contribution is 2.76. The molecule has 0 radical (unpaired) electrons. The lowest BCUT2D eigenvalue weighted by molar-refractivity contribution is -0.225. The molecule has 0 unspecified atom stereocenters. The van der Waals surface area contributed by atoms with E-state index in [9.17, 15) is 25.2 Å². The van der Waals surface area contributed by atoms with Gasteiger partial charge in [-0.1, -0.05) is 46.3 Å². The van der Waals surface area contributed by atoms with Crippen molar-refractivity contribution in [1.29, 1.82) is 0 Å². The van der Waals surface area contributed by atoms with Gasteiger partial charge >= 0.3 is 5.97 Å². The molecule has 0 amide bonds. The van der Waals surface area contributed by atoms with Gasteiger partial charge in [0.15, 0.2) is 0 Å². The van der Waals surface area contributed by atoms with Crippen molar-refractivity contribution in [2.45, 2.75) is 111 Å². The van der Waals surface area contributed by atoms with Crippen LogP contribution in [0, 0.1) is 50.7 Å². The average Bonchev–Trinajstić information content (AvgIpc) is 2.79. The molecule has 5 aliphatic carbocycles. The van der Waals surface area contributed by atoms with Crippen LogP contribution < -0.4 is 0 Å². The predicted molar refractivity (Wildman–Crippen MR) is 135 cm³/mol. The molecule has 0 spiro atoms. The Hall–Kier alpha value is -0.910. The molecule has 4 fully saturated rings. The third-order valence-corrected chi connectivity index (χ3v) is 13.6. The second kappa shape index (κ2) is 7.57. The van der Waals surface area contributed by atoms with Gasteiger partial charge in [-0.3, -0.25) is 4.79 Å². The number of allylic oxidation sites excluding steroid dienone is 1. The van der Waals surface area contributed by atoms with E-state index in [1.54, 1.807) is 0 Å². The van der Waals surface area contributed by atoms with Crippen LogP contribution in [0.4, 0.5) is 0 Å². The first-order valence-electron chi connectivity index (χ1n) is 14.1. The Balaban J connectivity index is 1.64. The molecule has 0 bridgehead atoms. The van der Waals surface area contributed by atoms with Crippen LogP contribution in [0.15, 0.2) is 11.6 Å². The minimum absolute atomic E-state index is 0.0115. The summed E-state index contributed by atoms with van der Waals surface area (Å²) in [5.74, 6) is -0.356. The maximum atomic E-state index is 12.8. The van der Waals surface area contributed by atoms with Crippen LogP contribution in [0.25, 0.3) is 0 Å². The number of carboxylic acids is 1. The Morgan fingerprint density at radius 3 is 2.29 bits per heavy atom. The number of carboxylic acid groups (broad SMARTS) is 1. The van der Waals surface area contributed by atoms with E-state index in [2.05, 4.69) is 40.7 Å². The van der Waals surface area contributed by atoms with Gasteiger partial charge in [0.05, 0.1) is 23.7 Å². The first-order chi connectivity index (χ1) is 16.1. The van der Waals surface area contributed by atoms with Crippen LogP contribution in [0.2, 0.25) is 0 Å². The Bertz CT molecular complexity index is 941. The number of rotatable bonds is 2. The highest BCUT2D eigenvalue weighted by Gasteiger charge is 2.71. The van der Waals surface area contributed by atoms with Gasteiger partial charge in [0.1, 0.15) is 0 Å². The maximum absolute atomic E-state index is 12.8. The molecule has 0 saturated heterocycles. The second-order valence-electron chi connectivity index (χ2n) is 14.6. The summed E-state index contributed by atoms with van der Waals surface area (Å²) in [6.07, 6.45) is 9.32. The summed E-state index contributed by atoms with van der Waals surface area (Å²) in [6.45, 7) is 13.3. The average molecular weight is 489 g/mol. The Kier molecular flexibility index (Phi) is 5.56. The summed E-state index contributed by atoms with van der Waals surface area (Å²) in [5, 5.41) is 43.8. The zero-order valence-corrected chi connectivity index (χ0v) is 22.7. The van der Waals surface area contributed by atoms with Gasteiger partial charge in [-0.2, -0.15) is 0 Å². The Morgan fingerprint density at radius 1 is 0.971 bits per heavy atom. The molecule has 0 aromatic carbocycles. The molecule has 11 atom stereocenters. The van der Waals surface area contributed by atoms with E-state index in [0.29, 0.717) is 18.8 Å². The third-order valence-electron chi connectivity index (χ3n) is 13.6. The SMILES string of the molecule is C[C@@H]1CC[C@]2(C(=O)O)CC[C@]3(C)C(=CC[C@@H]4[C@@]5(C)CC[C@H](O)[C@](C)(CO)[C@H]5CC[C@]43C)[C@H]2[C@]1(C)O. The van der Waals surface area contributed by atoms with E-state index in [0.717, 1.165) is 44.9 Å². The van der Waals surface area contributed by atoms with Crippen LogP contribution in [0.1, 0.15) is 99.3 Å². The lowest BCUT2D eigenvalue weighted by atomic mass is 9.33. The van der Waals surface area contributed by atoms with Crippen LogP contribution >= 0.6 is 0 Å². The molecule has 5 rings (SSSR count). The number of aliphatic hydroxyl groups is 3. The molecule has 198 valence electrons. The lowest BCUT2D eigenvalue weighted by Crippen LogP contribution is -2.68. The van der Waals surface area contributed by atoms with Gasteiger partial charge in [0, 0.05) is 11.3 Å². The number of hydrogen-bond donors (Lipinski definition) is 4. The van der Waals surface area contributed by atoms with E-state index in [1.807, 2.05) is 6.92 Å². The summed E-state index contributed by atoms with van der Waals surface area (Å²) < 4.78 is 0. The van der Waals surface area contributed by atoms with Crippen LogP contribution in [-0.2, 0) is 4.79 Å². The first-order valence-corrected chi connectivity index (χ1v) is 14.1. The van der Waals surface area contributed by atoms with Crippen molar-refractivity contribution in [3.63, 3.8) is 0 Å². The number of carbonyl (C=O) groups is 1. The van der Waals surface area contributed by atoms with Crippen molar-refractivity contribution in [2.24, 2.45) is 50.7 Å². The smallest absolute Gasteiger partial charge is 0.310 e. The lowest BCUT2D eigenvalue weighted by Gasteiger charge is -2.71. The molecule has 4 N–H and O–H groups in total. The van der Waals surface area contributed by atoms with Gasteiger partial charge < -0.3 is 20.4 Å². The highest BCUT2D eigenvalue weighted by molar-refractivity contribution is 5.77. The quantitative estimate of drug-likeness (QED) is 0.402. The molecule has 5 nitrogen and oxygen atoms in total. The van der Waals surface area contributed by atoms with Gasteiger partial charge in [-0.05, 0) is 98.7 Å². The minimum atomic E-state index is -1.04. The largest absolute Gasteiger partial charge is 0.481 e. The highest BCUT2D eigenvalue weighted by atomic mass is 16.4. The summed E-state index contributed by atoms with van der Waals surface area (Å²) in [6, 6.07) is 0. The van der Waals surface area contributed by atoms with E-state index in [1.165, 1.54) is 5.57 Å². The van der Waals surface area contributed by atoms with E-state index in [4.69, 9.17) is 0 Å². The van der Waals surface area contributed by atoms with E-state index < -0.39 is 28.5 Å². The van der Waals surface area contributed by atoms with E-state index >= 15 is 0 Å². The molecule has 5 heteroatoms. The molecule has 0 aromatic rings. The van der Waals surface area contributed by atoms with Crippen molar-refractivity contribution in [3.05, 3.63) is 11.6 Å².